The monoisotopic (exact) mass is 334 g/mol. The molecule has 1 N–H and O–H groups in total. The van der Waals surface area contributed by atoms with Crippen molar-refractivity contribution in [3.05, 3.63) is 42.7 Å². The Balaban J connectivity index is 2.16. The molecule has 0 unspecified atom stereocenters. The second-order valence-corrected chi connectivity index (χ2v) is 5.79. The first-order valence-corrected chi connectivity index (χ1v) is 8.33. The van der Waals surface area contributed by atoms with E-state index in [0.29, 0.717) is 24.1 Å². The Kier molecular flexibility index (Phi) is 6.34. The Morgan fingerprint density at radius 1 is 1.39 bits per heavy atom. The molecule has 0 bridgehead atoms. The highest BCUT2D eigenvalue weighted by Gasteiger charge is 2.14. The van der Waals surface area contributed by atoms with E-state index in [9.17, 15) is 9.18 Å². The summed E-state index contributed by atoms with van der Waals surface area (Å²) < 4.78 is 14.9. The first-order valence-electron chi connectivity index (χ1n) is 7.35. The number of carbonyl (C=O) groups is 1. The van der Waals surface area contributed by atoms with Crippen molar-refractivity contribution in [2.45, 2.75) is 25.0 Å². The fraction of sp³-hybridized carbons (Fsp3) is 0.312. The Hall–Kier alpha value is -2.15. The van der Waals surface area contributed by atoms with Crippen LogP contribution < -0.4 is 5.32 Å². The van der Waals surface area contributed by atoms with Crippen LogP contribution in [-0.2, 0) is 11.3 Å². The van der Waals surface area contributed by atoms with E-state index in [1.54, 1.807) is 18.2 Å². The molecule has 2 aromatic rings. The molecule has 1 aromatic carbocycles. The second-order valence-electron chi connectivity index (χ2n) is 4.85. The van der Waals surface area contributed by atoms with Crippen LogP contribution in [0, 0.1) is 5.82 Å². The van der Waals surface area contributed by atoms with Crippen LogP contribution in [0.3, 0.4) is 0 Å². The van der Waals surface area contributed by atoms with Gasteiger partial charge in [0.1, 0.15) is 5.82 Å². The van der Waals surface area contributed by atoms with Crippen LogP contribution in [0.1, 0.15) is 13.3 Å². The van der Waals surface area contributed by atoms with Crippen LogP contribution in [-0.4, -0.2) is 33.0 Å². The summed E-state index contributed by atoms with van der Waals surface area (Å²) in [7, 11) is 0. The maximum atomic E-state index is 13.1. The molecule has 1 aromatic heterocycles. The number of hydrogen-bond acceptors (Lipinski definition) is 4. The third-order valence-electron chi connectivity index (χ3n) is 3.04. The molecule has 1 amide bonds. The summed E-state index contributed by atoms with van der Waals surface area (Å²) in [5.74, 6) is 0.569. The minimum absolute atomic E-state index is 0.0339. The number of aromatic nitrogens is 3. The van der Waals surface area contributed by atoms with Crippen molar-refractivity contribution in [2.24, 2.45) is 0 Å². The molecule has 0 atom stereocenters. The molecule has 0 spiro atoms. The lowest BCUT2D eigenvalue weighted by molar-refractivity contribution is -0.118. The van der Waals surface area contributed by atoms with Gasteiger partial charge in [-0.25, -0.2) is 4.39 Å². The van der Waals surface area contributed by atoms with Gasteiger partial charge in [0.15, 0.2) is 11.0 Å². The number of carbonyl (C=O) groups excluding carboxylic acids is 1. The molecule has 122 valence electrons. The first kappa shape index (κ1) is 17.2. The van der Waals surface area contributed by atoms with Crippen molar-refractivity contribution in [1.82, 2.24) is 20.1 Å². The molecule has 0 fully saturated rings. The predicted octanol–water partition coefficient (Wildman–Crippen LogP) is 2.89. The van der Waals surface area contributed by atoms with Gasteiger partial charge < -0.3 is 5.32 Å². The molecule has 5 nitrogen and oxygen atoms in total. The van der Waals surface area contributed by atoms with Gasteiger partial charge in [-0.3, -0.25) is 9.36 Å². The summed E-state index contributed by atoms with van der Waals surface area (Å²) in [6.07, 6.45) is 2.63. The van der Waals surface area contributed by atoms with Gasteiger partial charge in [0, 0.05) is 18.7 Å². The topological polar surface area (TPSA) is 59.8 Å². The highest BCUT2D eigenvalue weighted by Crippen LogP contribution is 2.24. The maximum absolute atomic E-state index is 13.1. The number of nitrogens with one attached hydrogen (secondary N) is 1. The number of allylic oxidation sites excluding steroid dienone is 1. The van der Waals surface area contributed by atoms with Gasteiger partial charge in [-0.1, -0.05) is 24.8 Å². The standard InChI is InChI=1S/C16H19FN4OS/c1-3-9-18-14(22)11-23-16-20-19-15(21(16)10-4-2)12-5-7-13(17)8-6-12/h4-8H,2-3,9-11H2,1H3,(H,18,22). The molecule has 1 heterocycles. The molecule has 0 saturated carbocycles. The summed E-state index contributed by atoms with van der Waals surface area (Å²) in [4.78, 5) is 11.7. The average Bonchev–Trinajstić information content (AvgIpc) is 2.95. The lowest BCUT2D eigenvalue weighted by atomic mass is 10.2. The Morgan fingerprint density at radius 2 is 2.13 bits per heavy atom. The van der Waals surface area contributed by atoms with Crippen LogP contribution in [0.5, 0.6) is 0 Å². The van der Waals surface area contributed by atoms with E-state index in [1.807, 2.05) is 11.5 Å². The maximum Gasteiger partial charge on any atom is 0.230 e. The minimum atomic E-state index is -0.300. The number of halogens is 1. The van der Waals surface area contributed by atoms with E-state index in [2.05, 4.69) is 22.1 Å². The van der Waals surface area contributed by atoms with Crippen molar-refractivity contribution < 1.29 is 9.18 Å². The van der Waals surface area contributed by atoms with Crippen molar-refractivity contribution in [3.8, 4) is 11.4 Å². The fourth-order valence-electron chi connectivity index (χ4n) is 1.95. The molecule has 0 radical (unpaired) electrons. The van der Waals surface area contributed by atoms with Crippen LogP contribution in [0.4, 0.5) is 4.39 Å². The zero-order valence-corrected chi connectivity index (χ0v) is 13.8. The van der Waals surface area contributed by atoms with Gasteiger partial charge in [-0.15, -0.1) is 16.8 Å². The fourth-order valence-corrected chi connectivity index (χ4v) is 2.72. The van der Waals surface area contributed by atoms with Crippen LogP contribution in [0.2, 0.25) is 0 Å². The Bertz CT molecular complexity index is 669. The highest BCUT2D eigenvalue weighted by molar-refractivity contribution is 7.99. The molecule has 0 aliphatic rings. The number of amides is 1. The van der Waals surface area contributed by atoms with E-state index in [4.69, 9.17) is 0 Å². The van der Waals surface area contributed by atoms with Gasteiger partial charge in [-0.05, 0) is 30.7 Å². The van der Waals surface area contributed by atoms with Crippen molar-refractivity contribution in [2.75, 3.05) is 12.3 Å². The average molecular weight is 334 g/mol. The lowest BCUT2D eigenvalue weighted by Crippen LogP contribution is -2.25. The predicted molar refractivity (Wildman–Crippen MR) is 89.6 cm³/mol. The van der Waals surface area contributed by atoms with E-state index >= 15 is 0 Å². The van der Waals surface area contributed by atoms with Gasteiger partial charge >= 0.3 is 0 Å². The third-order valence-corrected chi connectivity index (χ3v) is 4.00. The molecule has 23 heavy (non-hydrogen) atoms. The summed E-state index contributed by atoms with van der Waals surface area (Å²) in [6.45, 7) is 6.92. The zero-order chi connectivity index (χ0) is 16.7. The van der Waals surface area contributed by atoms with Gasteiger partial charge in [0.25, 0.3) is 0 Å². The van der Waals surface area contributed by atoms with E-state index in [0.717, 1.165) is 12.0 Å². The third kappa shape index (κ3) is 4.66. The van der Waals surface area contributed by atoms with E-state index in [-0.39, 0.29) is 17.5 Å². The first-order chi connectivity index (χ1) is 11.2. The van der Waals surface area contributed by atoms with Crippen LogP contribution >= 0.6 is 11.8 Å². The molecular formula is C16H19FN4OS. The summed E-state index contributed by atoms with van der Waals surface area (Å²) in [6, 6.07) is 6.07. The normalized spacial score (nSPS) is 10.5. The Morgan fingerprint density at radius 3 is 2.78 bits per heavy atom. The summed E-state index contributed by atoms with van der Waals surface area (Å²) >= 11 is 1.32. The van der Waals surface area contributed by atoms with Crippen LogP contribution in [0.15, 0.2) is 42.1 Å². The second kappa shape index (κ2) is 8.47. The number of thioether (sulfide) groups is 1. The van der Waals surface area contributed by atoms with Gasteiger partial charge in [-0.2, -0.15) is 0 Å². The smallest absolute Gasteiger partial charge is 0.230 e. The summed E-state index contributed by atoms with van der Waals surface area (Å²) in [5, 5.41) is 11.8. The van der Waals surface area contributed by atoms with Crippen molar-refractivity contribution >= 4 is 17.7 Å². The number of hydrogen-bond donors (Lipinski definition) is 1. The lowest BCUT2D eigenvalue weighted by Gasteiger charge is -2.08. The highest BCUT2D eigenvalue weighted by atomic mass is 32.2. The SMILES string of the molecule is C=CCn1c(SCC(=O)NCCC)nnc1-c1ccc(F)cc1. The largest absolute Gasteiger partial charge is 0.355 e. The molecule has 0 aliphatic heterocycles. The number of benzene rings is 1. The van der Waals surface area contributed by atoms with Gasteiger partial charge in [0.2, 0.25) is 5.91 Å². The van der Waals surface area contributed by atoms with E-state index < -0.39 is 0 Å². The number of nitrogens with zero attached hydrogens (tertiary/aromatic N) is 3. The molecule has 0 aliphatic carbocycles. The van der Waals surface area contributed by atoms with Crippen molar-refractivity contribution in [3.63, 3.8) is 0 Å². The minimum Gasteiger partial charge on any atom is -0.355 e. The van der Waals surface area contributed by atoms with Crippen molar-refractivity contribution in [1.29, 1.82) is 0 Å². The van der Waals surface area contributed by atoms with Gasteiger partial charge in [0.05, 0.1) is 5.75 Å². The number of rotatable bonds is 8. The molecular weight excluding hydrogens is 315 g/mol. The molecule has 7 heteroatoms. The zero-order valence-electron chi connectivity index (χ0n) is 13.0. The molecule has 0 saturated heterocycles. The summed E-state index contributed by atoms with van der Waals surface area (Å²) in [5.41, 5.74) is 0.767. The quantitative estimate of drug-likeness (QED) is 0.596. The van der Waals surface area contributed by atoms with E-state index in [1.165, 1.54) is 23.9 Å². The van der Waals surface area contributed by atoms with Crippen LogP contribution in [0.25, 0.3) is 11.4 Å². The Labute approximate surface area is 139 Å². The molecule has 2 rings (SSSR count).